The largest absolute Gasteiger partial charge is 0.454 e. The molecule has 68 heavy (non-hydrogen) atoms. The highest BCUT2D eigenvalue weighted by atomic mass is 32.1. The fraction of sp³-hybridized carbons (Fsp3) is 0.0476. The van der Waals surface area contributed by atoms with E-state index < -0.39 is 0 Å². The van der Waals surface area contributed by atoms with E-state index in [1.165, 1.54) is 63.6 Å². The van der Waals surface area contributed by atoms with Crippen molar-refractivity contribution in [2.45, 2.75) is 13.3 Å². The summed E-state index contributed by atoms with van der Waals surface area (Å²) in [4.78, 5) is 11.4. The van der Waals surface area contributed by atoms with Crippen LogP contribution in [-0.2, 0) is 0 Å². The van der Waals surface area contributed by atoms with E-state index in [0.29, 0.717) is 5.84 Å². The van der Waals surface area contributed by atoms with Crippen molar-refractivity contribution in [2.75, 3.05) is 0 Å². The number of hydrogen-bond acceptors (Lipinski definition) is 4. The number of benzene rings is 10. The first kappa shape index (κ1) is 38.8. The molecule has 4 nitrogen and oxygen atoms in total. The van der Waals surface area contributed by atoms with E-state index in [9.17, 15) is 0 Å². The van der Waals surface area contributed by atoms with Gasteiger partial charge in [0.15, 0.2) is 11.4 Å². The van der Waals surface area contributed by atoms with E-state index in [4.69, 9.17) is 14.4 Å². The number of amidine groups is 1. The lowest BCUT2D eigenvalue weighted by molar-refractivity contribution is 0.666. The fourth-order valence-corrected chi connectivity index (χ4v) is 11.8. The van der Waals surface area contributed by atoms with E-state index in [2.05, 4.69) is 224 Å². The number of para-hydroxylation sites is 1. The van der Waals surface area contributed by atoms with Gasteiger partial charge in [0.05, 0.1) is 28.1 Å². The summed E-state index contributed by atoms with van der Waals surface area (Å²) in [5.74, 6) is 0.757. The molecular weight excluding hydrogens is 847 g/mol. The Morgan fingerprint density at radius 1 is 0.485 bits per heavy atom. The van der Waals surface area contributed by atoms with Gasteiger partial charge in [0, 0.05) is 58.8 Å². The van der Waals surface area contributed by atoms with Crippen LogP contribution in [0.25, 0.3) is 108 Å². The SMILES string of the molecule is CC1C/C=C(\c2ccc3c(c2)sc2ccccc23)N=C(c2ccc(-n3c4cc5ccccc5cc4c4cc5ccccc5cc43)c3oc4ccccc4c23)N=C1c1ccc(-c2ccccc2)cc1. The molecule has 0 fully saturated rings. The van der Waals surface area contributed by atoms with Gasteiger partial charge in [-0.25, -0.2) is 9.98 Å². The zero-order chi connectivity index (χ0) is 44.9. The van der Waals surface area contributed by atoms with Crippen molar-refractivity contribution in [2.24, 2.45) is 15.9 Å². The lowest BCUT2D eigenvalue weighted by atomic mass is 9.92. The van der Waals surface area contributed by atoms with Crippen LogP contribution in [0, 0.1) is 5.92 Å². The first-order chi connectivity index (χ1) is 33.6. The van der Waals surface area contributed by atoms with Gasteiger partial charge in [-0.05, 0) is 99.3 Å². The predicted molar refractivity (Wildman–Crippen MR) is 289 cm³/mol. The van der Waals surface area contributed by atoms with Gasteiger partial charge >= 0.3 is 0 Å². The second kappa shape index (κ2) is 15.3. The second-order valence-corrected chi connectivity index (χ2v) is 19.2. The topological polar surface area (TPSA) is 42.8 Å². The summed E-state index contributed by atoms with van der Waals surface area (Å²) in [5, 5.41) is 11.8. The molecule has 0 saturated heterocycles. The van der Waals surface area contributed by atoms with Gasteiger partial charge in [0.25, 0.3) is 0 Å². The normalized spacial score (nSPS) is 15.4. The monoisotopic (exact) mass is 887 g/mol. The molecule has 10 aromatic carbocycles. The van der Waals surface area contributed by atoms with E-state index >= 15 is 0 Å². The standard InChI is InChI=1S/C63H41N3OS/c1-38-23-31-53(46-28-29-48-47-19-10-12-22-58(47)68-59(48)37-46)64-63(65-61(38)41-26-24-40(25-27-41)39-13-3-2-4-14-39)50-30-32-54(62-60(50)49-20-9-11-21-57(49)67-62)66-55-35-44-17-7-5-15-42(44)33-51(55)52-34-43-16-6-8-18-45(43)36-56(52)66/h2-22,24-38H,23H2,1H3/b53-31+,64-63?,65-61?. The lowest BCUT2D eigenvalue weighted by Crippen LogP contribution is -2.17. The second-order valence-electron chi connectivity index (χ2n) is 18.1. The van der Waals surface area contributed by atoms with Crippen LogP contribution in [0.1, 0.15) is 30.0 Å². The summed E-state index contributed by atoms with van der Waals surface area (Å²) >= 11 is 1.83. The van der Waals surface area contributed by atoms with Crippen LogP contribution in [0.3, 0.4) is 0 Å². The zero-order valence-electron chi connectivity index (χ0n) is 37.1. The number of furan rings is 1. The van der Waals surface area contributed by atoms with Gasteiger partial charge in [-0.3, -0.25) is 0 Å². The number of nitrogens with zero attached hydrogens (tertiary/aromatic N) is 3. The molecule has 5 heteroatoms. The molecule has 0 N–H and O–H groups in total. The number of hydrogen-bond donors (Lipinski definition) is 0. The summed E-state index contributed by atoms with van der Waals surface area (Å²) < 4.78 is 12.1. The van der Waals surface area contributed by atoms with Crippen LogP contribution < -0.4 is 0 Å². The van der Waals surface area contributed by atoms with Gasteiger partial charge in [-0.1, -0.05) is 165 Å². The highest BCUT2D eigenvalue weighted by Crippen LogP contribution is 2.43. The minimum atomic E-state index is 0.101. The maximum atomic E-state index is 7.11. The molecule has 0 bridgehead atoms. The van der Waals surface area contributed by atoms with Crippen molar-refractivity contribution in [3.05, 3.63) is 229 Å². The Labute approximate surface area is 396 Å². The molecule has 0 amide bonds. The zero-order valence-corrected chi connectivity index (χ0v) is 38.0. The van der Waals surface area contributed by atoms with Crippen LogP contribution in [0.4, 0.5) is 0 Å². The summed E-state index contributed by atoms with van der Waals surface area (Å²) in [5.41, 5.74) is 12.2. The molecule has 0 radical (unpaired) electrons. The lowest BCUT2D eigenvalue weighted by Gasteiger charge is -2.19. The minimum Gasteiger partial charge on any atom is -0.454 e. The molecule has 1 aliphatic heterocycles. The first-order valence-corrected chi connectivity index (χ1v) is 24.2. The summed E-state index contributed by atoms with van der Waals surface area (Å²) in [6.45, 7) is 2.29. The van der Waals surface area contributed by atoms with Gasteiger partial charge in [-0.2, -0.15) is 0 Å². The smallest absolute Gasteiger partial charge is 0.160 e. The predicted octanol–water partition coefficient (Wildman–Crippen LogP) is 17.3. The van der Waals surface area contributed by atoms with Crippen LogP contribution in [0.15, 0.2) is 227 Å². The van der Waals surface area contributed by atoms with Crippen molar-refractivity contribution in [3.63, 3.8) is 0 Å². The summed E-state index contributed by atoms with van der Waals surface area (Å²) in [6, 6.07) is 74.4. The Bertz CT molecular complexity index is 4200. The number of fused-ring (bicyclic) bond motifs is 11. The average molecular weight is 888 g/mol. The molecule has 14 rings (SSSR count). The molecule has 1 unspecified atom stereocenters. The number of rotatable bonds is 5. The molecule has 13 aromatic rings. The quantitative estimate of drug-likeness (QED) is 0.170. The molecule has 3 aromatic heterocycles. The minimum absolute atomic E-state index is 0.101. The average Bonchev–Trinajstić information content (AvgIpc) is 4.06. The number of aliphatic imine (C=N–C) groups is 2. The molecule has 4 heterocycles. The molecular formula is C63H41N3OS. The van der Waals surface area contributed by atoms with Crippen molar-refractivity contribution in [3.8, 4) is 16.8 Å². The highest BCUT2D eigenvalue weighted by molar-refractivity contribution is 7.25. The van der Waals surface area contributed by atoms with Gasteiger partial charge in [0.1, 0.15) is 5.58 Å². The van der Waals surface area contributed by atoms with E-state index in [-0.39, 0.29) is 5.92 Å². The van der Waals surface area contributed by atoms with E-state index in [1.54, 1.807) is 0 Å². The number of allylic oxidation sites excluding steroid dienone is 1. The third-order valence-corrected chi connectivity index (χ3v) is 15.2. The third kappa shape index (κ3) is 6.20. The van der Waals surface area contributed by atoms with Crippen LogP contribution in [-0.4, -0.2) is 16.1 Å². The van der Waals surface area contributed by atoms with E-state index in [1.807, 2.05) is 11.3 Å². The Morgan fingerprint density at radius 3 is 1.81 bits per heavy atom. The number of thiophene rings is 1. The van der Waals surface area contributed by atoms with E-state index in [0.717, 1.165) is 73.2 Å². The molecule has 1 atom stereocenters. The van der Waals surface area contributed by atoms with Crippen molar-refractivity contribution in [1.29, 1.82) is 0 Å². The molecule has 320 valence electrons. The Balaban J connectivity index is 1.03. The van der Waals surface area contributed by atoms with Crippen molar-refractivity contribution in [1.82, 2.24) is 4.57 Å². The molecule has 0 spiro atoms. The van der Waals surface area contributed by atoms with Gasteiger partial charge < -0.3 is 8.98 Å². The maximum Gasteiger partial charge on any atom is 0.160 e. The summed E-state index contributed by atoms with van der Waals surface area (Å²) in [7, 11) is 0. The Hall–Kier alpha value is -8.38. The number of aromatic nitrogens is 1. The maximum absolute atomic E-state index is 7.11. The molecule has 1 aliphatic rings. The third-order valence-electron chi connectivity index (χ3n) is 14.0. The first-order valence-electron chi connectivity index (χ1n) is 23.4. The molecule has 0 saturated carbocycles. The van der Waals surface area contributed by atoms with Crippen LogP contribution in [0.2, 0.25) is 0 Å². The molecule has 0 aliphatic carbocycles. The van der Waals surface area contributed by atoms with Crippen molar-refractivity contribution >= 4 is 114 Å². The Kier molecular flexibility index (Phi) is 8.77. The van der Waals surface area contributed by atoms with Gasteiger partial charge in [-0.15, -0.1) is 11.3 Å². The highest BCUT2D eigenvalue weighted by Gasteiger charge is 2.25. The van der Waals surface area contributed by atoms with Gasteiger partial charge in [0.2, 0.25) is 0 Å². The summed E-state index contributed by atoms with van der Waals surface area (Å²) in [6.07, 6.45) is 3.11. The van der Waals surface area contributed by atoms with Crippen molar-refractivity contribution < 1.29 is 4.42 Å². The van der Waals surface area contributed by atoms with Crippen LogP contribution in [0.5, 0.6) is 0 Å². The fourth-order valence-electron chi connectivity index (χ4n) is 10.6. The Morgan fingerprint density at radius 2 is 1.07 bits per heavy atom. The van der Waals surface area contributed by atoms with Crippen LogP contribution >= 0.6 is 11.3 Å².